The molecule has 1 unspecified atom stereocenters. The van der Waals surface area contributed by atoms with Crippen LogP contribution in [0.15, 0.2) is 0 Å². The molecule has 104 valence electrons. The molecule has 0 aromatic rings. The second kappa shape index (κ2) is 5.20. The standard InChI is InChI=1S/C15H28N2O/c1-11(2)15(7-8-15)10-17-9-5-6-13(14(17)18)16-12(3)4/h11-13,16H,5-10H2,1-4H3. The van der Waals surface area contributed by atoms with Crippen LogP contribution < -0.4 is 5.32 Å². The third-order valence-corrected chi connectivity index (χ3v) is 4.69. The Kier molecular flexibility index (Phi) is 4.00. The van der Waals surface area contributed by atoms with Crippen molar-refractivity contribution in [2.45, 2.75) is 65.5 Å². The second-order valence-electron chi connectivity index (χ2n) is 6.79. The van der Waals surface area contributed by atoms with Gasteiger partial charge in [-0.1, -0.05) is 27.7 Å². The topological polar surface area (TPSA) is 32.3 Å². The number of nitrogens with zero attached hydrogens (tertiary/aromatic N) is 1. The Morgan fingerprint density at radius 2 is 2.00 bits per heavy atom. The van der Waals surface area contributed by atoms with Gasteiger partial charge >= 0.3 is 0 Å². The zero-order valence-corrected chi connectivity index (χ0v) is 12.3. The van der Waals surface area contributed by atoms with Gasteiger partial charge in [-0.15, -0.1) is 0 Å². The smallest absolute Gasteiger partial charge is 0.239 e. The predicted octanol–water partition coefficient (Wildman–Crippen LogP) is 2.41. The van der Waals surface area contributed by atoms with Crippen LogP contribution in [0.25, 0.3) is 0 Å². The maximum absolute atomic E-state index is 12.5. The Morgan fingerprint density at radius 3 is 2.50 bits per heavy atom. The fraction of sp³-hybridized carbons (Fsp3) is 0.933. The fourth-order valence-electron chi connectivity index (χ4n) is 3.11. The molecule has 0 bridgehead atoms. The number of amides is 1. The Balaban J connectivity index is 1.94. The second-order valence-corrected chi connectivity index (χ2v) is 6.79. The van der Waals surface area contributed by atoms with E-state index in [1.165, 1.54) is 12.8 Å². The van der Waals surface area contributed by atoms with E-state index in [1.54, 1.807) is 0 Å². The lowest BCUT2D eigenvalue weighted by Crippen LogP contribution is -2.53. The van der Waals surface area contributed by atoms with E-state index < -0.39 is 0 Å². The first-order valence-electron chi connectivity index (χ1n) is 7.49. The average Bonchev–Trinajstić information content (AvgIpc) is 3.04. The molecular formula is C15H28N2O. The first kappa shape index (κ1) is 13.9. The van der Waals surface area contributed by atoms with E-state index in [4.69, 9.17) is 0 Å². The van der Waals surface area contributed by atoms with Gasteiger partial charge in [0.2, 0.25) is 5.91 Å². The maximum atomic E-state index is 12.5. The predicted molar refractivity (Wildman–Crippen MR) is 74.4 cm³/mol. The highest BCUT2D eigenvalue weighted by atomic mass is 16.2. The van der Waals surface area contributed by atoms with Gasteiger partial charge in [0.25, 0.3) is 0 Å². The Hall–Kier alpha value is -0.570. The average molecular weight is 252 g/mol. The van der Waals surface area contributed by atoms with Crippen LogP contribution in [0.1, 0.15) is 53.4 Å². The van der Waals surface area contributed by atoms with Crippen molar-refractivity contribution in [2.24, 2.45) is 11.3 Å². The number of rotatable bonds is 5. The van der Waals surface area contributed by atoms with Crippen LogP contribution in [0.5, 0.6) is 0 Å². The molecule has 1 amide bonds. The zero-order chi connectivity index (χ0) is 13.3. The molecule has 1 aliphatic carbocycles. The SMILES string of the molecule is CC(C)NC1CCCN(CC2(C(C)C)CC2)C1=O. The lowest BCUT2D eigenvalue weighted by Gasteiger charge is -2.37. The van der Waals surface area contributed by atoms with Gasteiger partial charge in [0.05, 0.1) is 6.04 Å². The van der Waals surface area contributed by atoms with E-state index in [0.29, 0.717) is 23.3 Å². The van der Waals surface area contributed by atoms with Crippen LogP contribution in [0.3, 0.4) is 0 Å². The third-order valence-electron chi connectivity index (χ3n) is 4.69. The van der Waals surface area contributed by atoms with Gasteiger partial charge in [0.1, 0.15) is 0 Å². The number of hydrogen-bond donors (Lipinski definition) is 1. The molecule has 0 spiro atoms. The molecule has 2 rings (SSSR count). The Morgan fingerprint density at radius 1 is 1.33 bits per heavy atom. The number of carbonyl (C=O) groups excluding carboxylic acids is 1. The minimum atomic E-state index is 0.0571. The molecule has 1 N–H and O–H groups in total. The number of hydrogen-bond acceptors (Lipinski definition) is 2. The summed E-state index contributed by atoms with van der Waals surface area (Å²) in [5.74, 6) is 1.03. The molecule has 3 heteroatoms. The largest absolute Gasteiger partial charge is 0.341 e. The summed E-state index contributed by atoms with van der Waals surface area (Å²) in [4.78, 5) is 14.6. The molecule has 2 fully saturated rings. The van der Waals surface area contributed by atoms with Crippen LogP contribution in [-0.2, 0) is 4.79 Å². The van der Waals surface area contributed by atoms with Gasteiger partial charge in [0.15, 0.2) is 0 Å². The first-order valence-corrected chi connectivity index (χ1v) is 7.49. The summed E-state index contributed by atoms with van der Waals surface area (Å²) in [5, 5.41) is 3.41. The van der Waals surface area contributed by atoms with Gasteiger partial charge < -0.3 is 10.2 Å². The summed E-state index contributed by atoms with van der Waals surface area (Å²) >= 11 is 0. The van der Waals surface area contributed by atoms with E-state index in [-0.39, 0.29) is 6.04 Å². The summed E-state index contributed by atoms with van der Waals surface area (Å²) in [6.07, 6.45) is 4.75. The van der Waals surface area contributed by atoms with Crippen LogP contribution in [0, 0.1) is 11.3 Å². The number of piperidine rings is 1. The van der Waals surface area contributed by atoms with Crippen molar-refractivity contribution >= 4 is 5.91 Å². The van der Waals surface area contributed by atoms with Crippen molar-refractivity contribution in [3.05, 3.63) is 0 Å². The highest BCUT2D eigenvalue weighted by Gasteiger charge is 2.47. The quantitative estimate of drug-likeness (QED) is 0.815. The third kappa shape index (κ3) is 2.87. The van der Waals surface area contributed by atoms with Crippen molar-refractivity contribution in [1.82, 2.24) is 10.2 Å². The molecule has 0 aromatic heterocycles. The van der Waals surface area contributed by atoms with Gasteiger partial charge in [-0.05, 0) is 37.0 Å². The highest BCUT2D eigenvalue weighted by Crippen LogP contribution is 2.52. The molecule has 18 heavy (non-hydrogen) atoms. The molecule has 1 saturated heterocycles. The summed E-state index contributed by atoms with van der Waals surface area (Å²) in [7, 11) is 0. The molecular weight excluding hydrogens is 224 g/mol. The minimum Gasteiger partial charge on any atom is -0.341 e. The first-order chi connectivity index (χ1) is 8.44. The lowest BCUT2D eigenvalue weighted by molar-refractivity contribution is -0.137. The van der Waals surface area contributed by atoms with Gasteiger partial charge in [0, 0.05) is 19.1 Å². The maximum Gasteiger partial charge on any atom is 0.239 e. The van der Waals surface area contributed by atoms with Gasteiger partial charge in [-0.25, -0.2) is 0 Å². The van der Waals surface area contributed by atoms with Crippen molar-refractivity contribution in [1.29, 1.82) is 0 Å². The molecule has 2 aliphatic rings. The van der Waals surface area contributed by atoms with Crippen molar-refractivity contribution in [2.75, 3.05) is 13.1 Å². The van der Waals surface area contributed by atoms with Gasteiger partial charge in [-0.2, -0.15) is 0 Å². The lowest BCUT2D eigenvalue weighted by atomic mass is 9.90. The number of carbonyl (C=O) groups is 1. The molecule has 1 atom stereocenters. The van der Waals surface area contributed by atoms with Crippen molar-refractivity contribution in [3.8, 4) is 0 Å². The van der Waals surface area contributed by atoms with Gasteiger partial charge in [-0.3, -0.25) is 4.79 Å². The number of nitrogens with one attached hydrogen (secondary N) is 1. The summed E-state index contributed by atoms with van der Waals surface area (Å²) in [6.45, 7) is 10.8. The summed E-state index contributed by atoms with van der Waals surface area (Å²) in [6, 6.07) is 0.445. The molecule has 3 nitrogen and oxygen atoms in total. The highest BCUT2D eigenvalue weighted by molar-refractivity contribution is 5.82. The Bertz CT molecular complexity index is 308. The molecule has 1 aliphatic heterocycles. The molecule has 1 saturated carbocycles. The molecule has 0 radical (unpaired) electrons. The van der Waals surface area contributed by atoms with Crippen LogP contribution in [0.4, 0.5) is 0 Å². The minimum absolute atomic E-state index is 0.0571. The molecule has 0 aromatic carbocycles. The number of likely N-dealkylation sites (tertiary alicyclic amines) is 1. The normalized spacial score (nSPS) is 27.1. The van der Waals surface area contributed by atoms with E-state index in [1.807, 2.05) is 0 Å². The van der Waals surface area contributed by atoms with E-state index in [9.17, 15) is 4.79 Å². The van der Waals surface area contributed by atoms with E-state index >= 15 is 0 Å². The van der Waals surface area contributed by atoms with E-state index in [0.717, 1.165) is 25.9 Å². The van der Waals surface area contributed by atoms with Crippen molar-refractivity contribution < 1.29 is 4.79 Å². The van der Waals surface area contributed by atoms with Crippen LogP contribution in [0.2, 0.25) is 0 Å². The zero-order valence-electron chi connectivity index (χ0n) is 12.3. The summed E-state index contributed by atoms with van der Waals surface area (Å²) in [5.41, 5.74) is 0.440. The van der Waals surface area contributed by atoms with Crippen LogP contribution >= 0.6 is 0 Å². The molecule has 1 heterocycles. The fourth-order valence-corrected chi connectivity index (χ4v) is 3.11. The Labute approximate surface area is 111 Å². The van der Waals surface area contributed by atoms with E-state index in [2.05, 4.69) is 37.9 Å². The van der Waals surface area contributed by atoms with Crippen molar-refractivity contribution in [3.63, 3.8) is 0 Å². The summed E-state index contributed by atoms with van der Waals surface area (Å²) < 4.78 is 0. The van der Waals surface area contributed by atoms with Crippen LogP contribution in [-0.4, -0.2) is 36.0 Å². The monoisotopic (exact) mass is 252 g/mol.